The fourth-order valence-corrected chi connectivity index (χ4v) is 1.67. The molecular formula is C13H18F2N2O2. The summed E-state index contributed by atoms with van der Waals surface area (Å²) in [5.41, 5.74) is 4.64. The highest BCUT2D eigenvalue weighted by Gasteiger charge is 2.16. The average molecular weight is 272 g/mol. The summed E-state index contributed by atoms with van der Waals surface area (Å²) in [6.07, 6.45) is -0.182. The number of benzene rings is 1. The minimum Gasteiger partial charge on any atom is -0.396 e. The Morgan fingerprint density at radius 3 is 2.58 bits per heavy atom. The van der Waals surface area contributed by atoms with Crippen LogP contribution >= 0.6 is 0 Å². The first-order valence-corrected chi connectivity index (χ1v) is 6.02. The summed E-state index contributed by atoms with van der Waals surface area (Å²) >= 11 is 0. The topological polar surface area (TPSA) is 75.3 Å². The van der Waals surface area contributed by atoms with Crippen LogP contribution in [0.1, 0.15) is 30.6 Å². The molecule has 0 fully saturated rings. The number of anilines is 1. The number of aliphatic hydroxyl groups excluding tert-OH is 1. The first-order chi connectivity index (χ1) is 8.81. The molecule has 4 N–H and O–H groups in total. The number of nitrogens with two attached hydrogens (primary N) is 1. The second-order valence-corrected chi connectivity index (χ2v) is 4.85. The molecule has 1 aromatic rings. The van der Waals surface area contributed by atoms with Gasteiger partial charge in [0.15, 0.2) is 0 Å². The fourth-order valence-electron chi connectivity index (χ4n) is 1.67. The van der Waals surface area contributed by atoms with Gasteiger partial charge in [-0.05, 0) is 18.4 Å². The molecule has 0 aliphatic heterocycles. The summed E-state index contributed by atoms with van der Waals surface area (Å²) in [5.74, 6) is -2.34. The Bertz CT molecular complexity index is 464. The van der Waals surface area contributed by atoms with Gasteiger partial charge in [-0.15, -0.1) is 0 Å². The van der Waals surface area contributed by atoms with Crippen LogP contribution in [0.25, 0.3) is 0 Å². The van der Waals surface area contributed by atoms with Gasteiger partial charge in [0.25, 0.3) is 5.91 Å². The van der Waals surface area contributed by atoms with Gasteiger partial charge >= 0.3 is 0 Å². The van der Waals surface area contributed by atoms with Crippen molar-refractivity contribution in [2.45, 2.75) is 26.4 Å². The molecule has 1 atom stereocenters. The van der Waals surface area contributed by atoms with Gasteiger partial charge in [0.1, 0.15) is 11.6 Å². The quantitative estimate of drug-likeness (QED) is 0.714. The van der Waals surface area contributed by atoms with Crippen molar-refractivity contribution in [2.75, 3.05) is 12.3 Å². The molecule has 0 aromatic heterocycles. The predicted octanol–water partition coefficient (Wildman–Crippen LogP) is 1.68. The molecular weight excluding hydrogens is 254 g/mol. The summed E-state index contributed by atoms with van der Waals surface area (Å²) in [4.78, 5) is 11.7. The second-order valence-electron chi connectivity index (χ2n) is 4.85. The van der Waals surface area contributed by atoms with Crippen molar-refractivity contribution in [1.29, 1.82) is 0 Å². The van der Waals surface area contributed by atoms with E-state index in [9.17, 15) is 18.7 Å². The van der Waals surface area contributed by atoms with Crippen LogP contribution in [0.15, 0.2) is 12.1 Å². The highest BCUT2D eigenvalue weighted by molar-refractivity contribution is 5.95. The van der Waals surface area contributed by atoms with E-state index in [0.717, 1.165) is 6.07 Å². The molecule has 0 saturated heterocycles. The number of hydrogen-bond acceptors (Lipinski definition) is 3. The van der Waals surface area contributed by atoms with Gasteiger partial charge < -0.3 is 16.2 Å². The van der Waals surface area contributed by atoms with E-state index >= 15 is 0 Å². The minimum absolute atomic E-state index is 0.00767. The third kappa shape index (κ3) is 4.48. The number of aliphatic hydroxyl groups is 1. The summed E-state index contributed by atoms with van der Waals surface area (Å²) in [5, 5.41) is 12.0. The summed E-state index contributed by atoms with van der Waals surface area (Å²) in [6.45, 7) is 3.88. The summed E-state index contributed by atoms with van der Waals surface area (Å²) < 4.78 is 26.3. The zero-order valence-corrected chi connectivity index (χ0v) is 10.9. The molecule has 1 rings (SSSR count). The molecule has 0 heterocycles. The molecule has 1 aromatic carbocycles. The van der Waals surface area contributed by atoms with Crippen LogP contribution in [0.4, 0.5) is 14.5 Å². The Hall–Kier alpha value is -1.69. The van der Waals surface area contributed by atoms with E-state index in [0.29, 0.717) is 12.5 Å². The fraction of sp³-hybridized carbons (Fsp3) is 0.462. The van der Waals surface area contributed by atoms with Gasteiger partial charge in [-0.2, -0.15) is 0 Å². The van der Waals surface area contributed by atoms with Crippen LogP contribution in [0, 0.1) is 17.6 Å². The van der Waals surface area contributed by atoms with Gasteiger partial charge in [-0.25, -0.2) is 8.78 Å². The standard InChI is InChI=1S/C13H18F2N2O2/c1-7(2)3-8(18)6-17-13(19)9-4-12(16)11(15)5-10(9)14/h4-5,7-8,18H,3,6,16H2,1-2H3,(H,17,19). The van der Waals surface area contributed by atoms with Gasteiger partial charge in [0.05, 0.1) is 17.4 Å². The molecule has 6 heteroatoms. The highest BCUT2D eigenvalue weighted by atomic mass is 19.1. The minimum atomic E-state index is -0.984. The van der Waals surface area contributed by atoms with Crippen molar-refractivity contribution in [3.05, 3.63) is 29.3 Å². The predicted molar refractivity (Wildman–Crippen MR) is 68.6 cm³/mol. The van der Waals surface area contributed by atoms with Crippen LogP contribution < -0.4 is 11.1 Å². The Morgan fingerprint density at radius 1 is 1.37 bits per heavy atom. The van der Waals surface area contributed by atoms with E-state index in [2.05, 4.69) is 5.32 Å². The van der Waals surface area contributed by atoms with Gasteiger partial charge in [-0.1, -0.05) is 13.8 Å². The molecule has 0 spiro atoms. The number of carbonyl (C=O) groups is 1. The van der Waals surface area contributed by atoms with Crippen LogP contribution in [-0.4, -0.2) is 23.7 Å². The lowest BCUT2D eigenvalue weighted by atomic mass is 10.1. The Kier molecular flexibility index (Phi) is 5.23. The normalized spacial score (nSPS) is 12.5. The molecule has 19 heavy (non-hydrogen) atoms. The number of amides is 1. The molecule has 0 aliphatic rings. The number of carbonyl (C=O) groups excluding carboxylic acids is 1. The molecule has 0 radical (unpaired) electrons. The SMILES string of the molecule is CC(C)CC(O)CNC(=O)c1cc(N)c(F)cc1F. The third-order valence-electron chi connectivity index (χ3n) is 2.57. The molecule has 1 unspecified atom stereocenters. The van der Waals surface area contributed by atoms with Crippen molar-refractivity contribution >= 4 is 11.6 Å². The van der Waals surface area contributed by atoms with Gasteiger partial charge in [0.2, 0.25) is 0 Å². The first kappa shape index (κ1) is 15.4. The van der Waals surface area contributed by atoms with Crippen LogP contribution in [0.3, 0.4) is 0 Å². The smallest absolute Gasteiger partial charge is 0.254 e. The molecule has 1 amide bonds. The lowest BCUT2D eigenvalue weighted by Gasteiger charge is -2.14. The number of halogens is 2. The van der Waals surface area contributed by atoms with E-state index in [1.807, 2.05) is 13.8 Å². The number of nitrogen functional groups attached to an aromatic ring is 1. The van der Waals surface area contributed by atoms with Crippen molar-refractivity contribution in [1.82, 2.24) is 5.32 Å². The molecule has 0 bridgehead atoms. The first-order valence-electron chi connectivity index (χ1n) is 6.02. The van der Waals surface area contributed by atoms with Gasteiger partial charge in [0, 0.05) is 12.6 Å². The largest absolute Gasteiger partial charge is 0.396 e. The van der Waals surface area contributed by atoms with Crippen LogP contribution in [0.2, 0.25) is 0 Å². The number of rotatable bonds is 5. The Labute approximate surface area is 110 Å². The lowest BCUT2D eigenvalue weighted by molar-refractivity contribution is 0.0896. The number of hydrogen-bond donors (Lipinski definition) is 3. The molecule has 4 nitrogen and oxygen atoms in total. The molecule has 0 aliphatic carbocycles. The molecule has 106 valence electrons. The van der Waals surface area contributed by atoms with Crippen molar-refractivity contribution in [3.63, 3.8) is 0 Å². The molecule has 0 saturated carbocycles. The summed E-state index contributed by atoms with van der Waals surface area (Å²) in [6, 6.07) is 1.50. The lowest BCUT2D eigenvalue weighted by Crippen LogP contribution is -2.33. The second kappa shape index (κ2) is 6.47. The summed E-state index contributed by atoms with van der Waals surface area (Å²) in [7, 11) is 0. The highest BCUT2D eigenvalue weighted by Crippen LogP contribution is 2.16. The van der Waals surface area contributed by atoms with E-state index < -0.39 is 23.6 Å². The monoisotopic (exact) mass is 272 g/mol. The Morgan fingerprint density at radius 2 is 2.00 bits per heavy atom. The maximum Gasteiger partial charge on any atom is 0.254 e. The van der Waals surface area contributed by atoms with Crippen LogP contribution in [0.5, 0.6) is 0 Å². The Balaban J connectivity index is 2.66. The van der Waals surface area contributed by atoms with Crippen LogP contribution in [-0.2, 0) is 0 Å². The van der Waals surface area contributed by atoms with E-state index in [4.69, 9.17) is 5.73 Å². The van der Waals surface area contributed by atoms with E-state index in [1.165, 1.54) is 0 Å². The zero-order valence-electron chi connectivity index (χ0n) is 10.9. The average Bonchev–Trinajstić information content (AvgIpc) is 2.30. The number of nitrogens with one attached hydrogen (secondary N) is 1. The van der Waals surface area contributed by atoms with Crippen molar-refractivity contribution < 1.29 is 18.7 Å². The van der Waals surface area contributed by atoms with E-state index in [1.54, 1.807) is 0 Å². The van der Waals surface area contributed by atoms with Crippen molar-refractivity contribution in [3.8, 4) is 0 Å². The van der Waals surface area contributed by atoms with E-state index in [-0.39, 0.29) is 23.7 Å². The zero-order chi connectivity index (χ0) is 14.6. The van der Waals surface area contributed by atoms with Crippen molar-refractivity contribution in [2.24, 2.45) is 5.92 Å². The maximum atomic E-state index is 13.4. The van der Waals surface area contributed by atoms with Gasteiger partial charge in [-0.3, -0.25) is 4.79 Å². The maximum absolute atomic E-state index is 13.4. The third-order valence-corrected chi connectivity index (χ3v) is 2.57.